The Morgan fingerprint density at radius 1 is 1.07 bits per heavy atom. The number of carbonyl (C=O) groups excluding carboxylic acids is 2. The number of halogens is 1. The van der Waals surface area contributed by atoms with Crippen LogP contribution < -0.4 is 10.1 Å². The molecule has 1 heterocycles. The van der Waals surface area contributed by atoms with E-state index in [-0.39, 0.29) is 38.2 Å². The van der Waals surface area contributed by atoms with Gasteiger partial charge in [0.15, 0.2) is 0 Å². The van der Waals surface area contributed by atoms with Crippen molar-refractivity contribution in [3.63, 3.8) is 0 Å². The Morgan fingerprint density at radius 2 is 1.71 bits per heavy atom. The summed E-state index contributed by atoms with van der Waals surface area (Å²) in [6.45, 7) is 8.76. The molecule has 221 valence electrons. The van der Waals surface area contributed by atoms with Gasteiger partial charge in [-0.1, -0.05) is 48.0 Å². The van der Waals surface area contributed by atoms with Gasteiger partial charge in [0.05, 0.1) is 18.2 Å². The first-order chi connectivity index (χ1) is 19.6. The maximum absolute atomic E-state index is 14.1. The van der Waals surface area contributed by atoms with E-state index in [1.807, 2.05) is 81.1 Å². The zero-order valence-corrected chi connectivity index (χ0v) is 25.6. The Hall–Kier alpha value is -2.63. The molecule has 1 radical (unpaired) electrons. The van der Waals surface area contributed by atoms with Crippen molar-refractivity contribution in [1.29, 1.82) is 0 Å². The van der Waals surface area contributed by atoms with E-state index in [0.717, 1.165) is 47.1 Å². The number of carbonyl (C=O) groups is 2. The summed E-state index contributed by atoms with van der Waals surface area (Å²) in [4.78, 5) is 28.8. The molecule has 41 heavy (non-hydrogen) atoms. The van der Waals surface area contributed by atoms with Crippen molar-refractivity contribution in [2.45, 2.75) is 77.6 Å². The molecule has 3 aromatic rings. The van der Waals surface area contributed by atoms with Gasteiger partial charge in [-0.3, -0.25) is 9.59 Å². The van der Waals surface area contributed by atoms with Crippen LogP contribution in [-0.4, -0.2) is 65.3 Å². The number of nitrogens with zero attached hydrogens (tertiary/aromatic N) is 1. The highest BCUT2D eigenvalue weighted by Crippen LogP contribution is 2.38. The number of thiophene rings is 1. The maximum atomic E-state index is 14.1. The molecule has 1 fully saturated rings. The lowest BCUT2D eigenvalue weighted by molar-refractivity contribution is -0.153. The van der Waals surface area contributed by atoms with Gasteiger partial charge < -0.3 is 29.7 Å². The molecular weight excluding hydrogens is 563 g/mol. The summed E-state index contributed by atoms with van der Waals surface area (Å²) in [5, 5.41) is 18.8. The molecule has 1 amide bonds. The summed E-state index contributed by atoms with van der Waals surface area (Å²) < 4.78 is 12.3. The summed E-state index contributed by atoms with van der Waals surface area (Å²) in [7, 11) is 0. The van der Waals surface area contributed by atoms with Crippen LogP contribution in [0.1, 0.15) is 68.6 Å². The minimum Gasteiger partial charge on any atom is -0.494 e. The van der Waals surface area contributed by atoms with E-state index in [1.165, 1.54) is 11.3 Å². The van der Waals surface area contributed by atoms with Crippen molar-refractivity contribution < 1.29 is 29.1 Å². The number of rotatable bonds is 9. The van der Waals surface area contributed by atoms with Crippen LogP contribution in [0.15, 0.2) is 48.5 Å². The Morgan fingerprint density at radius 3 is 2.34 bits per heavy atom. The quantitative estimate of drug-likeness (QED) is 0.224. The lowest BCUT2D eigenvalue weighted by Crippen LogP contribution is -2.46. The van der Waals surface area contributed by atoms with Gasteiger partial charge in [0.2, 0.25) is 0 Å². The molecule has 0 aliphatic heterocycles. The summed E-state index contributed by atoms with van der Waals surface area (Å²) in [5.41, 5.74) is 0.480. The summed E-state index contributed by atoms with van der Waals surface area (Å²) in [6, 6.07) is 16.0. The van der Waals surface area contributed by atoms with E-state index in [1.54, 1.807) is 0 Å². The van der Waals surface area contributed by atoms with Crippen molar-refractivity contribution in [2.24, 2.45) is 0 Å². The fourth-order valence-electron chi connectivity index (χ4n) is 4.96. The van der Waals surface area contributed by atoms with Gasteiger partial charge in [-0.15, -0.1) is 11.3 Å². The second kappa shape index (κ2) is 15.6. The average Bonchev–Trinajstić information content (AvgIpc) is 3.27. The molecule has 0 saturated heterocycles. The van der Waals surface area contributed by atoms with E-state index in [2.05, 4.69) is 5.32 Å². The number of esters is 1. The molecule has 1 aliphatic rings. The smallest absolute Gasteiger partial charge is 0.482 e. The number of hydrogen-bond donors (Lipinski definition) is 3. The van der Waals surface area contributed by atoms with Crippen molar-refractivity contribution in [3.8, 4) is 5.75 Å². The summed E-state index contributed by atoms with van der Waals surface area (Å²) in [5.74, 6) is 0.499. The first-order valence-electron chi connectivity index (χ1n) is 13.8. The average molecular weight is 602 g/mol. The van der Waals surface area contributed by atoms with Gasteiger partial charge in [0.25, 0.3) is 5.91 Å². The lowest BCUT2D eigenvalue weighted by Gasteiger charge is -2.37. The number of nitrogens with one attached hydrogen (secondary N) is 1. The minimum atomic E-state index is -0.497. The van der Waals surface area contributed by atoms with Gasteiger partial charge in [-0.25, -0.2) is 0 Å². The van der Waals surface area contributed by atoms with Crippen molar-refractivity contribution in [2.75, 3.05) is 13.2 Å². The highest BCUT2D eigenvalue weighted by Gasteiger charge is 2.32. The third kappa shape index (κ3) is 9.44. The van der Waals surface area contributed by atoms with Crippen molar-refractivity contribution >= 4 is 52.6 Å². The molecule has 0 bridgehead atoms. The summed E-state index contributed by atoms with van der Waals surface area (Å²) >= 11 is 8.19. The first-order valence-corrected chi connectivity index (χ1v) is 15.0. The maximum Gasteiger partial charge on any atom is 0.482 e. The molecule has 8 nitrogen and oxygen atoms in total. The van der Waals surface area contributed by atoms with Crippen LogP contribution in [0.3, 0.4) is 0 Å². The first kappa shape index (κ1) is 32.9. The van der Waals surface area contributed by atoms with E-state index in [4.69, 9.17) is 31.1 Å². The standard InChI is InChI=1S/C30H37ClN2O4S.BH2O2/c1-5-36-24-12-8-6-10-20(24)19-33(29(35)28-27(31)23-11-7-9-13-25(23)38-28)22-16-14-21(15-17-22)32-18-26(34)37-30(2,3)4;2-1-3/h6-13,21-22,32H,5,14-19H2,1-4H3;2-3H. The van der Waals surface area contributed by atoms with Crippen LogP contribution in [-0.2, 0) is 16.1 Å². The zero-order chi connectivity index (χ0) is 30.0. The number of hydrogen-bond acceptors (Lipinski definition) is 8. The van der Waals surface area contributed by atoms with Gasteiger partial charge in [0.1, 0.15) is 16.2 Å². The molecule has 2 aromatic carbocycles. The van der Waals surface area contributed by atoms with Crippen LogP contribution >= 0.6 is 22.9 Å². The number of ether oxygens (including phenoxy) is 2. The third-order valence-corrected chi connectivity index (χ3v) is 8.36. The van der Waals surface area contributed by atoms with Gasteiger partial charge in [-0.2, -0.15) is 0 Å². The molecule has 1 saturated carbocycles. The molecule has 0 atom stereocenters. The second-order valence-electron chi connectivity index (χ2n) is 10.8. The number of para-hydroxylation sites is 1. The Labute approximate surface area is 251 Å². The van der Waals surface area contributed by atoms with Crippen molar-refractivity contribution in [3.05, 3.63) is 64.0 Å². The number of amides is 1. The Kier molecular flexibility index (Phi) is 12.5. The summed E-state index contributed by atoms with van der Waals surface area (Å²) in [6.07, 6.45) is 3.39. The number of benzene rings is 2. The second-order valence-corrected chi connectivity index (χ2v) is 12.2. The molecule has 11 heteroatoms. The molecule has 1 aromatic heterocycles. The molecule has 0 spiro atoms. The minimum absolute atomic E-state index is 0. The monoisotopic (exact) mass is 601 g/mol. The fraction of sp³-hybridized carbons (Fsp3) is 0.467. The SMILES string of the molecule is CCOc1ccccc1CN(C(=O)c1sc2ccccc2c1Cl)C1CCC(NCC(=O)OC(C)(C)C)CC1.O[B]O. The molecular formula is C30H39BClN2O6S. The highest BCUT2D eigenvalue weighted by atomic mass is 35.5. The van der Waals surface area contributed by atoms with Gasteiger partial charge in [0, 0.05) is 34.3 Å². The molecule has 3 N–H and O–H groups in total. The predicted octanol–water partition coefficient (Wildman–Crippen LogP) is 5.34. The Balaban J connectivity index is 0.00000147. The predicted molar refractivity (Wildman–Crippen MR) is 164 cm³/mol. The van der Waals surface area contributed by atoms with Gasteiger partial charge >= 0.3 is 13.7 Å². The molecule has 0 unspecified atom stereocenters. The molecule has 4 rings (SSSR count). The van der Waals surface area contributed by atoms with Crippen LogP contribution in [0.25, 0.3) is 10.1 Å². The zero-order valence-electron chi connectivity index (χ0n) is 24.1. The van der Waals surface area contributed by atoms with E-state index < -0.39 is 5.60 Å². The largest absolute Gasteiger partial charge is 0.494 e. The third-order valence-electron chi connectivity index (χ3n) is 6.70. The topological polar surface area (TPSA) is 108 Å². The Bertz CT molecular complexity index is 1290. The van der Waals surface area contributed by atoms with Crippen LogP contribution in [0.5, 0.6) is 5.75 Å². The normalized spacial score (nSPS) is 16.9. The number of fused-ring (bicyclic) bond motifs is 1. The van der Waals surface area contributed by atoms with Crippen LogP contribution in [0.2, 0.25) is 5.02 Å². The van der Waals surface area contributed by atoms with Crippen LogP contribution in [0.4, 0.5) is 0 Å². The van der Waals surface area contributed by atoms with E-state index in [0.29, 0.717) is 23.1 Å². The highest BCUT2D eigenvalue weighted by molar-refractivity contribution is 7.21. The van der Waals surface area contributed by atoms with Crippen LogP contribution in [0, 0.1) is 0 Å². The molecule has 1 aliphatic carbocycles. The van der Waals surface area contributed by atoms with E-state index in [9.17, 15) is 9.59 Å². The fourth-order valence-corrected chi connectivity index (χ4v) is 6.43. The van der Waals surface area contributed by atoms with Gasteiger partial charge in [-0.05, 0) is 65.5 Å². The lowest BCUT2D eigenvalue weighted by atomic mass is 9.89. The van der Waals surface area contributed by atoms with E-state index >= 15 is 0 Å². The van der Waals surface area contributed by atoms with Crippen molar-refractivity contribution in [1.82, 2.24) is 10.2 Å².